The van der Waals surface area contributed by atoms with Gasteiger partial charge in [-0.2, -0.15) is 5.10 Å². The topological polar surface area (TPSA) is 79.6 Å². The molecule has 0 radical (unpaired) electrons. The average molecular weight is 367 g/mol. The molecule has 0 unspecified atom stereocenters. The van der Waals surface area contributed by atoms with E-state index in [1.807, 2.05) is 0 Å². The van der Waals surface area contributed by atoms with Crippen LogP contribution in [-0.4, -0.2) is 15.7 Å². The molecule has 2 aromatic carbocycles. The van der Waals surface area contributed by atoms with E-state index in [2.05, 4.69) is 15.8 Å². The van der Waals surface area contributed by atoms with Crippen molar-refractivity contribution in [3.05, 3.63) is 69.0 Å². The normalized spacial score (nSPS) is 11.0. The summed E-state index contributed by atoms with van der Waals surface area (Å²) in [5.41, 5.74) is 4.04. The predicted molar refractivity (Wildman–Crippen MR) is 96.1 cm³/mol. The first-order chi connectivity index (χ1) is 11.4. The van der Waals surface area contributed by atoms with Crippen LogP contribution in [0.3, 0.4) is 0 Å². The molecule has 24 heavy (non-hydrogen) atoms. The fraction of sp³-hybridized carbons (Fsp3) is 0.0667. The van der Waals surface area contributed by atoms with Crippen molar-refractivity contribution in [1.29, 1.82) is 0 Å². The molecule has 0 aliphatic rings. The van der Waals surface area contributed by atoms with Gasteiger partial charge in [0.25, 0.3) is 5.69 Å². The first-order valence-corrected chi connectivity index (χ1v) is 7.46. The molecule has 0 aromatic heterocycles. The number of hydrazone groups is 1. The first-order valence-electron chi connectivity index (χ1n) is 6.68. The molecule has 0 heterocycles. The van der Waals surface area contributed by atoms with E-state index in [4.69, 9.17) is 23.8 Å². The molecule has 0 atom stereocenters. The summed E-state index contributed by atoms with van der Waals surface area (Å²) in [6, 6.07) is 10.0. The monoisotopic (exact) mass is 366 g/mol. The Balaban J connectivity index is 2.05. The molecule has 0 fully saturated rings. The summed E-state index contributed by atoms with van der Waals surface area (Å²) in [5, 5.41) is 18.0. The molecule has 9 heteroatoms. The van der Waals surface area contributed by atoms with Gasteiger partial charge in [-0.05, 0) is 49.5 Å². The number of hydrogen-bond acceptors (Lipinski definition) is 4. The average Bonchev–Trinajstić information content (AvgIpc) is 2.55. The zero-order chi connectivity index (χ0) is 17.7. The highest BCUT2D eigenvalue weighted by Gasteiger charge is 2.13. The summed E-state index contributed by atoms with van der Waals surface area (Å²) in [6.45, 7) is 1.67. The maximum absolute atomic E-state index is 12.8. The van der Waals surface area contributed by atoms with Gasteiger partial charge in [-0.15, -0.1) is 0 Å². The maximum Gasteiger partial charge on any atom is 0.288 e. The number of benzene rings is 2. The minimum absolute atomic E-state index is 0.0537. The molecule has 0 aliphatic carbocycles. The summed E-state index contributed by atoms with van der Waals surface area (Å²) in [7, 11) is 0. The van der Waals surface area contributed by atoms with Gasteiger partial charge < -0.3 is 5.32 Å². The summed E-state index contributed by atoms with van der Waals surface area (Å²) in [5.74, 6) is -0.349. The van der Waals surface area contributed by atoms with Gasteiger partial charge >= 0.3 is 0 Å². The summed E-state index contributed by atoms with van der Waals surface area (Å²) in [4.78, 5) is 10.3. The molecule has 0 amide bonds. The molecule has 0 bridgehead atoms. The van der Waals surface area contributed by atoms with Gasteiger partial charge in [0.2, 0.25) is 0 Å². The minimum atomic E-state index is -0.562. The Morgan fingerprint density at radius 2 is 1.96 bits per heavy atom. The Hall–Kier alpha value is -2.58. The van der Waals surface area contributed by atoms with Crippen molar-refractivity contribution in [3.63, 3.8) is 0 Å². The van der Waals surface area contributed by atoms with E-state index in [0.717, 1.165) is 0 Å². The molecule has 124 valence electrons. The van der Waals surface area contributed by atoms with Gasteiger partial charge in [-0.1, -0.05) is 17.7 Å². The molecular formula is C15H12ClFN4O2S. The van der Waals surface area contributed by atoms with Crippen molar-refractivity contribution in [3.8, 4) is 0 Å². The Bertz CT molecular complexity index is 812. The highest BCUT2D eigenvalue weighted by Crippen LogP contribution is 2.25. The van der Waals surface area contributed by atoms with Crippen LogP contribution >= 0.6 is 23.8 Å². The van der Waals surface area contributed by atoms with E-state index in [9.17, 15) is 14.5 Å². The number of anilines is 1. The van der Waals surface area contributed by atoms with E-state index in [1.54, 1.807) is 13.0 Å². The SMILES string of the molecule is C/C(=N/NC(=S)Nc1ccc(F)cc1)c1ccc(Cl)c([N+](=O)[O-])c1. The third-order valence-corrected chi connectivity index (χ3v) is 3.50. The Morgan fingerprint density at radius 3 is 2.58 bits per heavy atom. The Morgan fingerprint density at radius 1 is 1.29 bits per heavy atom. The van der Waals surface area contributed by atoms with E-state index in [1.165, 1.54) is 36.4 Å². The molecule has 2 N–H and O–H groups in total. The fourth-order valence-corrected chi connectivity index (χ4v) is 2.12. The highest BCUT2D eigenvalue weighted by molar-refractivity contribution is 7.80. The third-order valence-electron chi connectivity index (χ3n) is 2.99. The minimum Gasteiger partial charge on any atom is -0.331 e. The Kier molecular flexibility index (Phi) is 5.78. The molecule has 2 rings (SSSR count). The molecule has 0 spiro atoms. The number of halogens is 2. The van der Waals surface area contributed by atoms with E-state index < -0.39 is 4.92 Å². The van der Waals surface area contributed by atoms with Crippen molar-refractivity contribution < 1.29 is 9.31 Å². The van der Waals surface area contributed by atoms with Crippen molar-refractivity contribution in [2.45, 2.75) is 6.92 Å². The van der Waals surface area contributed by atoms with E-state index in [0.29, 0.717) is 17.0 Å². The molecular weight excluding hydrogens is 355 g/mol. The number of hydrogen-bond donors (Lipinski definition) is 2. The number of nitrogens with zero attached hydrogens (tertiary/aromatic N) is 2. The van der Waals surface area contributed by atoms with Crippen LogP contribution in [0.5, 0.6) is 0 Å². The van der Waals surface area contributed by atoms with Crippen LogP contribution in [0.1, 0.15) is 12.5 Å². The lowest BCUT2D eigenvalue weighted by Crippen LogP contribution is -2.24. The highest BCUT2D eigenvalue weighted by atomic mass is 35.5. The van der Waals surface area contributed by atoms with Crippen LogP contribution in [0.4, 0.5) is 15.8 Å². The van der Waals surface area contributed by atoms with Gasteiger partial charge in [0.1, 0.15) is 10.8 Å². The molecule has 2 aromatic rings. The predicted octanol–water partition coefficient (Wildman–Crippen LogP) is 4.10. The number of nitro groups is 1. The quantitative estimate of drug-likeness (QED) is 0.368. The lowest BCUT2D eigenvalue weighted by molar-refractivity contribution is -0.384. The summed E-state index contributed by atoms with van der Waals surface area (Å²) >= 11 is 10.8. The van der Waals surface area contributed by atoms with Crippen LogP contribution in [0, 0.1) is 15.9 Å². The molecule has 6 nitrogen and oxygen atoms in total. The second-order valence-corrected chi connectivity index (χ2v) is 5.51. The van der Waals surface area contributed by atoms with Gasteiger partial charge in [-0.3, -0.25) is 15.5 Å². The van der Waals surface area contributed by atoms with Crippen LogP contribution in [0.25, 0.3) is 0 Å². The lowest BCUT2D eigenvalue weighted by atomic mass is 10.1. The fourth-order valence-electron chi connectivity index (χ4n) is 1.77. The van der Waals surface area contributed by atoms with Crippen molar-refractivity contribution in [2.75, 3.05) is 5.32 Å². The van der Waals surface area contributed by atoms with E-state index >= 15 is 0 Å². The second kappa shape index (κ2) is 7.80. The van der Waals surface area contributed by atoms with Crippen LogP contribution in [-0.2, 0) is 0 Å². The summed E-state index contributed by atoms with van der Waals surface area (Å²) < 4.78 is 12.8. The van der Waals surface area contributed by atoms with Crippen molar-refractivity contribution >= 4 is 46.0 Å². The van der Waals surface area contributed by atoms with E-state index in [-0.39, 0.29) is 21.6 Å². The Labute approximate surface area is 147 Å². The number of nitrogens with one attached hydrogen (secondary N) is 2. The van der Waals surface area contributed by atoms with Crippen LogP contribution in [0.2, 0.25) is 5.02 Å². The maximum atomic E-state index is 12.8. The van der Waals surface area contributed by atoms with Crippen LogP contribution in [0.15, 0.2) is 47.6 Å². The van der Waals surface area contributed by atoms with Crippen molar-refractivity contribution in [1.82, 2.24) is 5.43 Å². The molecule has 0 aliphatic heterocycles. The zero-order valence-corrected chi connectivity index (χ0v) is 14.0. The molecule has 0 saturated heterocycles. The standard InChI is InChI=1S/C15H12ClFN4O2S/c1-9(10-2-7-13(16)14(8-10)21(22)23)19-20-15(24)18-12-5-3-11(17)4-6-12/h2-8H,1H3,(H2,18,20,24)/b19-9-. The molecule has 0 saturated carbocycles. The first kappa shape index (κ1) is 17.8. The third kappa shape index (κ3) is 4.71. The number of thiocarbonyl (C=S) groups is 1. The van der Waals surface area contributed by atoms with Crippen molar-refractivity contribution in [2.24, 2.45) is 5.10 Å². The van der Waals surface area contributed by atoms with Gasteiger partial charge in [-0.25, -0.2) is 4.39 Å². The van der Waals surface area contributed by atoms with Gasteiger partial charge in [0.05, 0.1) is 10.6 Å². The van der Waals surface area contributed by atoms with Gasteiger partial charge in [0.15, 0.2) is 5.11 Å². The zero-order valence-electron chi connectivity index (χ0n) is 12.4. The summed E-state index contributed by atoms with van der Waals surface area (Å²) in [6.07, 6.45) is 0. The van der Waals surface area contributed by atoms with Gasteiger partial charge in [0, 0.05) is 17.3 Å². The smallest absolute Gasteiger partial charge is 0.288 e. The number of nitro benzene ring substituents is 1. The second-order valence-electron chi connectivity index (χ2n) is 4.69. The number of rotatable bonds is 4. The lowest BCUT2D eigenvalue weighted by Gasteiger charge is -2.08. The van der Waals surface area contributed by atoms with Crippen LogP contribution < -0.4 is 10.7 Å². The largest absolute Gasteiger partial charge is 0.331 e.